The number of nitrogens with one attached hydrogen (secondary N) is 1. The Hall–Kier alpha value is -3.74. The smallest absolute Gasteiger partial charge is 0.294 e. The first-order valence-electron chi connectivity index (χ1n) is 8.69. The number of hydrogen-bond donors (Lipinski definition) is 1. The van der Waals surface area contributed by atoms with Gasteiger partial charge in [0, 0.05) is 36.3 Å². The van der Waals surface area contributed by atoms with Gasteiger partial charge in [0.05, 0.1) is 0 Å². The zero-order valence-corrected chi connectivity index (χ0v) is 15.1. The van der Waals surface area contributed by atoms with E-state index in [2.05, 4.69) is 15.5 Å². The van der Waals surface area contributed by atoms with E-state index >= 15 is 0 Å². The minimum absolute atomic E-state index is 0.0510. The van der Waals surface area contributed by atoms with Crippen molar-refractivity contribution in [3.05, 3.63) is 90.0 Å². The highest BCUT2D eigenvalue weighted by Crippen LogP contribution is 2.21. The maximum absolute atomic E-state index is 13.4. The summed E-state index contributed by atoms with van der Waals surface area (Å²) in [6.45, 7) is 2.59. The summed E-state index contributed by atoms with van der Waals surface area (Å²) in [5.74, 6) is 0.165. The molecule has 0 aliphatic carbocycles. The average molecular weight is 376 g/mol. The molecule has 0 bridgehead atoms. The van der Waals surface area contributed by atoms with Crippen molar-refractivity contribution in [3.8, 4) is 11.3 Å². The lowest BCUT2D eigenvalue weighted by Gasteiger charge is -2.08. The molecule has 0 saturated carbocycles. The molecule has 0 spiro atoms. The second-order valence-corrected chi connectivity index (χ2v) is 6.34. The van der Waals surface area contributed by atoms with E-state index in [4.69, 9.17) is 4.52 Å². The average Bonchev–Trinajstić information content (AvgIpc) is 3.32. The molecule has 1 N–H and O–H groups in total. The van der Waals surface area contributed by atoms with Gasteiger partial charge < -0.3 is 14.4 Å². The summed E-state index contributed by atoms with van der Waals surface area (Å²) in [6, 6.07) is 15.0. The van der Waals surface area contributed by atoms with Crippen LogP contribution in [0.5, 0.6) is 0 Å². The summed E-state index contributed by atoms with van der Waals surface area (Å²) in [4.78, 5) is 16.7. The van der Waals surface area contributed by atoms with E-state index in [9.17, 15) is 9.18 Å². The monoisotopic (exact) mass is 376 g/mol. The number of aromatic nitrogens is 3. The molecule has 0 aliphatic heterocycles. The minimum atomic E-state index is -0.425. The van der Waals surface area contributed by atoms with Crippen molar-refractivity contribution in [1.82, 2.24) is 14.7 Å². The van der Waals surface area contributed by atoms with E-state index in [1.807, 2.05) is 35.9 Å². The molecule has 0 atom stereocenters. The number of rotatable bonds is 5. The summed E-state index contributed by atoms with van der Waals surface area (Å²) >= 11 is 0. The zero-order valence-electron chi connectivity index (χ0n) is 15.1. The number of hydrogen-bond acceptors (Lipinski definition) is 4. The standard InChI is InChI=1S/C21H17FN4O2/c1-14-23-8-9-26(14)13-15-4-2-7-18(10-15)24-21(27)20-12-19(25-28-20)16-5-3-6-17(22)11-16/h2-12H,13H2,1H3,(H,24,27). The van der Waals surface area contributed by atoms with Crippen molar-refractivity contribution in [2.45, 2.75) is 13.5 Å². The van der Waals surface area contributed by atoms with Crippen LogP contribution >= 0.6 is 0 Å². The number of benzene rings is 2. The van der Waals surface area contributed by atoms with Crippen LogP contribution in [-0.2, 0) is 6.54 Å². The number of halogens is 1. The first-order chi connectivity index (χ1) is 13.6. The van der Waals surface area contributed by atoms with Gasteiger partial charge in [-0.1, -0.05) is 29.4 Å². The molecule has 2 heterocycles. The second-order valence-electron chi connectivity index (χ2n) is 6.34. The highest BCUT2D eigenvalue weighted by atomic mass is 19.1. The first-order valence-corrected chi connectivity index (χ1v) is 8.69. The molecule has 0 unspecified atom stereocenters. The predicted molar refractivity (Wildman–Crippen MR) is 102 cm³/mol. The van der Waals surface area contributed by atoms with Crippen LogP contribution in [0.25, 0.3) is 11.3 Å². The van der Waals surface area contributed by atoms with Gasteiger partial charge in [-0.3, -0.25) is 4.79 Å². The molecule has 0 radical (unpaired) electrons. The topological polar surface area (TPSA) is 73.0 Å². The fourth-order valence-electron chi connectivity index (χ4n) is 2.87. The third kappa shape index (κ3) is 3.83. The Morgan fingerprint density at radius 2 is 2.04 bits per heavy atom. The lowest BCUT2D eigenvalue weighted by Crippen LogP contribution is -2.11. The molecule has 0 saturated heterocycles. The van der Waals surface area contributed by atoms with Crippen LogP contribution in [0.4, 0.5) is 10.1 Å². The Balaban J connectivity index is 1.48. The maximum Gasteiger partial charge on any atom is 0.294 e. The number of imidazole rings is 1. The van der Waals surface area contributed by atoms with Crippen LogP contribution in [0, 0.1) is 12.7 Å². The molecule has 0 aliphatic rings. The number of nitrogens with zero attached hydrogens (tertiary/aromatic N) is 3. The molecule has 4 rings (SSSR count). The van der Waals surface area contributed by atoms with Crippen molar-refractivity contribution in [3.63, 3.8) is 0 Å². The fraction of sp³-hybridized carbons (Fsp3) is 0.0952. The second kappa shape index (κ2) is 7.48. The Bertz CT molecular complexity index is 1130. The van der Waals surface area contributed by atoms with E-state index < -0.39 is 5.91 Å². The third-order valence-corrected chi connectivity index (χ3v) is 4.32. The third-order valence-electron chi connectivity index (χ3n) is 4.32. The van der Waals surface area contributed by atoms with Crippen molar-refractivity contribution >= 4 is 11.6 Å². The normalized spacial score (nSPS) is 10.8. The summed E-state index contributed by atoms with van der Waals surface area (Å²) in [5.41, 5.74) is 2.61. The minimum Gasteiger partial charge on any atom is -0.350 e. The largest absolute Gasteiger partial charge is 0.350 e. The summed E-state index contributed by atoms with van der Waals surface area (Å²) in [5, 5.41) is 6.65. The molecule has 7 heteroatoms. The van der Waals surface area contributed by atoms with E-state index in [1.54, 1.807) is 24.4 Å². The van der Waals surface area contributed by atoms with Crippen molar-refractivity contribution in [2.75, 3.05) is 5.32 Å². The molecular weight excluding hydrogens is 359 g/mol. The molecule has 0 fully saturated rings. The summed E-state index contributed by atoms with van der Waals surface area (Å²) in [7, 11) is 0. The lowest BCUT2D eigenvalue weighted by molar-refractivity contribution is 0.0988. The summed E-state index contributed by atoms with van der Waals surface area (Å²) < 4.78 is 20.5. The Morgan fingerprint density at radius 3 is 2.82 bits per heavy atom. The van der Waals surface area contributed by atoms with Crippen LogP contribution in [0.15, 0.2) is 71.5 Å². The Labute approximate surface area is 160 Å². The van der Waals surface area contributed by atoms with E-state index in [-0.39, 0.29) is 11.6 Å². The van der Waals surface area contributed by atoms with Gasteiger partial charge in [-0.25, -0.2) is 9.37 Å². The fourth-order valence-corrected chi connectivity index (χ4v) is 2.87. The Morgan fingerprint density at radius 1 is 1.18 bits per heavy atom. The molecular formula is C21H17FN4O2. The van der Waals surface area contributed by atoms with Gasteiger partial charge in [-0.2, -0.15) is 0 Å². The molecule has 1 amide bonds. The van der Waals surface area contributed by atoms with Gasteiger partial charge in [0.25, 0.3) is 5.91 Å². The maximum atomic E-state index is 13.4. The van der Waals surface area contributed by atoms with Gasteiger partial charge in [-0.15, -0.1) is 0 Å². The van der Waals surface area contributed by atoms with Gasteiger partial charge in [0.1, 0.15) is 17.3 Å². The summed E-state index contributed by atoms with van der Waals surface area (Å²) in [6.07, 6.45) is 3.66. The number of anilines is 1. The van der Waals surface area contributed by atoms with Gasteiger partial charge in [-0.05, 0) is 36.8 Å². The van der Waals surface area contributed by atoms with Crippen molar-refractivity contribution in [1.29, 1.82) is 0 Å². The lowest BCUT2D eigenvalue weighted by atomic mass is 10.1. The predicted octanol–water partition coefficient (Wildman–Crippen LogP) is 4.29. The highest BCUT2D eigenvalue weighted by molar-refractivity contribution is 6.02. The van der Waals surface area contributed by atoms with Gasteiger partial charge in [0.15, 0.2) is 0 Å². The first kappa shape index (κ1) is 17.7. The number of carbonyl (C=O) groups excluding carboxylic acids is 1. The van der Waals surface area contributed by atoms with Gasteiger partial charge >= 0.3 is 0 Å². The van der Waals surface area contributed by atoms with Crippen LogP contribution in [0.2, 0.25) is 0 Å². The van der Waals surface area contributed by atoms with E-state index in [1.165, 1.54) is 18.2 Å². The quantitative estimate of drug-likeness (QED) is 0.564. The SMILES string of the molecule is Cc1nccn1Cc1cccc(NC(=O)c2cc(-c3cccc(F)c3)no2)c1. The van der Waals surface area contributed by atoms with E-state index in [0.717, 1.165) is 11.4 Å². The Kier molecular flexibility index (Phi) is 4.72. The number of carbonyl (C=O) groups is 1. The molecule has 2 aromatic carbocycles. The molecule has 2 aromatic heterocycles. The highest BCUT2D eigenvalue weighted by Gasteiger charge is 2.15. The van der Waals surface area contributed by atoms with Crippen LogP contribution in [-0.4, -0.2) is 20.6 Å². The van der Waals surface area contributed by atoms with E-state index in [0.29, 0.717) is 23.5 Å². The zero-order chi connectivity index (χ0) is 19.5. The molecule has 4 aromatic rings. The van der Waals surface area contributed by atoms with Gasteiger partial charge in [0.2, 0.25) is 5.76 Å². The molecule has 140 valence electrons. The number of amides is 1. The van der Waals surface area contributed by atoms with Crippen LogP contribution in [0.3, 0.4) is 0 Å². The molecule has 28 heavy (non-hydrogen) atoms. The van der Waals surface area contributed by atoms with Crippen LogP contribution in [0.1, 0.15) is 21.9 Å². The van der Waals surface area contributed by atoms with Crippen LogP contribution < -0.4 is 5.32 Å². The number of aryl methyl sites for hydroxylation is 1. The van der Waals surface area contributed by atoms with Crippen molar-refractivity contribution in [2.24, 2.45) is 0 Å². The molecule has 6 nitrogen and oxygen atoms in total. The van der Waals surface area contributed by atoms with Crippen molar-refractivity contribution < 1.29 is 13.7 Å².